The zero-order chi connectivity index (χ0) is 22.4. The predicted octanol–water partition coefficient (Wildman–Crippen LogP) is 5.02. The van der Waals surface area contributed by atoms with Gasteiger partial charge >= 0.3 is 0 Å². The first-order valence-electron chi connectivity index (χ1n) is 9.81. The largest absolute Gasteiger partial charge is 0.490 e. The van der Waals surface area contributed by atoms with Gasteiger partial charge in [0.15, 0.2) is 11.5 Å². The smallest absolute Gasteiger partial charge is 0.293 e. The molecule has 0 aliphatic carbocycles. The quantitative estimate of drug-likeness (QED) is 0.305. The molecule has 2 amide bonds. The normalized spacial score (nSPS) is 14.9. The number of amides is 2. The third-order valence-corrected chi connectivity index (χ3v) is 5.37. The number of benzene rings is 2. The lowest BCUT2D eigenvalue weighted by Gasteiger charge is -2.13. The van der Waals surface area contributed by atoms with Gasteiger partial charge in [0.1, 0.15) is 6.61 Å². The van der Waals surface area contributed by atoms with Crippen LogP contribution >= 0.6 is 11.8 Å². The molecular formula is C22H22N2O6S. The van der Waals surface area contributed by atoms with Crippen LogP contribution in [0.15, 0.2) is 47.4 Å². The maximum Gasteiger partial charge on any atom is 0.293 e. The van der Waals surface area contributed by atoms with E-state index in [-0.39, 0.29) is 23.4 Å². The van der Waals surface area contributed by atoms with Gasteiger partial charge in [-0.05, 0) is 54.9 Å². The molecule has 1 aliphatic heterocycles. The molecule has 0 aromatic heterocycles. The molecule has 9 heteroatoms. The molecule has 3 rings (SSSR count). The van der Waals surface area contributed by atoms with Crippen molar-refractivity contribution in [3.63, 3.8) is 0 Å². The van der Waals surface area contributed by atoms with Crippen LogP contribution in [0.1, 0.15) is 31.4 Å². The maximum absolute atomic E-state index is 12.4. The number of imide groups is 1. The van der Waals surface area contributed by atoms with E-state index in [9.17, 15) is 19.7 Å². The summed E-state index contributed by atoms with van der Waals surface area (Å²) in [6.45, 7) is 4.52. The Morgan fingerprint density at radius 2 is 1.87 bits per heavy atom. The van der Waals surface area contributed by atoms with Crippen LogP contribution in [0.4, 0.5) is 10.5 Å². The minimum atomic E-state index is -0.448. The molecule has 1 aliphatic rings. The number of hydrogen-bond acceptors (Lipinski definition) is 7. The lowest BCUT2D eigenvalue weighted by molar-refractivity contribution is -0.385. The SMILES string of the molecule is CCCN1C(=O)S/C(=C/c2ccc(OCc3ccccc3[N+](=O)[O-])c(OCC)c2)C1=O. The Morgan fingerprint density at radius 1 is 1.10 bits per heavy atom. The third kappa shape index (κ3) is 5.24. The second kappa shape index (κ2) is 10.1. The van der Waals surface area contributed by atoms with Crippen LogP contribution in [0.2, 0.25) is 0 Å². The number of nitro benzene ring substituents is 1. The molecule has 1 saturated heterocycles. The van der Waals surface area contributed by atoms with Crippen molar-refractivity contribution in [1.29, 1.82) is 0 Å². The highest BCUT2D eigenvalue weighted by atomic mass is 32.2. The van der Waals surface area contributed by atoms with E-state index in [1.54, 1.807) is 42.5 Å². The first-order chi connectivity index (χ1) is 14.9. The third-order valence-electron chi connectivity index (χ3n) is 4.46. The predicted molar refractivity (Wildman–Crippen MR) is 118 cm³/mol. The number of ether oxygens (including phenoxy) is 2. The van der Waals surface area contributed by atoms with Crippen LogP contribution in [-0.2, 0) is 11.4 Å². The fourth-order valence-corrected chi connectivity index (χ4v) is 3.90. The summed E-state index contributed by atoms with van der Waals surface area (Å²) in [7, 11) is 0. The van der Waals surface area contributed by atoms with Crippen molar-refractivity contribution >= 4 is 34.7 Å². The van der Waals surface area contributed by atoms with E-state index in [0.29, 0.717) is 47.1 Å². The van der Waals surface area contributed by atoms with Crippen molar-refractivity contribution in [1.82, 2.24) is 4.90 Å². The van der Waals surface area contributed by atoms with Crippen LogP contribution in [-0.4, -0.2) is 34.1 Å². The van der Waals surface area contributed by atoms with E-state index < -0.39 is 4.92 Å². The minimum Gasteiger partial charge on any atom is -0.490 e. The van der Waals surface area contributed by atoms with Crippen molar-refractivity contribution in [3.8, 4) is 11.5 Å². The van der Waals surface area contributed by atoms with Gasteiger partial charge in [0.05, 0.1) is 22.0 Å². The highest BCUT2D eigenvalue weighted by Crippen LogP contribution is 2.35. The van der Waals surface area contributed by atoms with E-state index in [0.717, 1.165) is 11.8 Å². The fraction of sp³-hybridized carbons (Fsp3) is 0.273. The number of para-hydroxylation sites is 1. The molecule has 0 bridgehead atoms. The second-order valence-corrected chi connectivity index (χ2v) is 7.64. The van der Waals surface area contributed by atoms with Gasteiger partial charge in [-0.2, -0.15) is 0 Å². The number of carbonyl (C=O) groups is 2. The topological polar surface area (TPSA) is 99.0 Å². The van der Waals surface area contributed by atoms with Crippen LogP contribution < -0.4 is 9.47 Å². The zero-order valence-electron chi connectivity index (χ0n) is 17.2. The summed E-state index contributed by atoms with van der Waals surface area (Å²) in [5, 5.41) is 10.9. The molecule has 0 atom stereocenters. The Kier molecular flexibility index (Phi) is 7.30. The molecule has 1 heterocycles. The van der Waals surface area contributed by atoms with Crippen molar-refractivity contribution in [2.45, 2.75) is 26.9 Å². The lowest BCUT2D eigenvalue weighted by atomic mass is 10.1. The van der Waals surface area contributed by atoms with Gasteiger partial charge in [0.25, 0.3) is 16.8 Å². The Labute approximate surface area is 184 Å². The summed E-state index contributed by atoms with van der Waals surface area (Å²) in [4.78, 5) is 36.8. The number of hydrogen-bond donors (Lipinski definition) is 0. The standard InChI is InChI=1S/C22H22N2O6S/c1-3-11-23-21(25)20(31-22(23)26)13-15-9-10-18(19(12-15)29-4-2)30-14-16-7-5-6-8-17(16)24(27)28/h5-10,12-13H,3-4,11,14H2,1-2H3/b20-13+. The monoisotopic (exact) mass is 442 g/mol. The van der Waals surface area contributed by atoms with Crippen molar-refractivity contribution in [2.24, 2.45) is 0 Å². The van der Waals surface area contributed by atoms with Crippen molar-refractivity contribution < 1.29 is 24.0 Å². The van der Waals surface area contributed by atoms with Gasteiger partial charge in [0.2, 0.25) is 0 Å². The average Bonchev–Trinajstić information content (AvgIpc) is 3.01. The zero-order valence-corrected chi connectivity index (χ0v) is 18.0. The molecule has 0 spiro atoms. The van der Waals surface area contributed by atoms with Gasteiger partial charge < -0.3 is 9.47 Å². The van der Waals surface area contributed by atoms with E-state index in [2.05, 4.69) is 0 Å². The molecule has 8 nitrogen and oxygen atoms in total. The van der Waals surface area contributed by atoms with Crippen molar-refractivity contribution in [2.75, 3.05) is 13.2 Å². The minimum absolute atomic E-state index is 0.00643. The summed E-state index contributed by atoms with van der Waals surface area (Å²) in [5.74, 6) is 0.574. The van der Waals surface area contributed by atoms with Crippen LogP contribution in [0.3, 0.4) is 0 Å². The summed E-state index contributed by atoms with van der Waals surface area (Å²) >= 11 is 0.914. The second-order valence-electron chi connectivity index (χ2n) is 6.65. The van der Waals surface area contributed by atoms with Crippen LogP contribution in [0.5, 0.6) is 11.5 Å². The number of nitrogens with zero attached hydrogens (tertiary/aromatic N) is 2. The molecule has 31 heavy (non-hydrogen) atoms. The number of thioether (sulfide) groups is 1. The number of nitro groups is 1. The Bertz CT molecular complexity index is 1040. The van der Waals surface area contributed by atoms with Gasteiger partial charge in [0, 0.05) is 12.6 Å². The summed E-state index contributed by atoms with van der Waals surface area (Å²) < 4.78 is 11.5. The summed E-state index contributed by atoms with van der Waals surface area (Å²) in [6.07, 6.45) is 2.35. The Hall–Kier alpha value is -3.33. The van der Waals surface area contributed by atoms with Crippen molar-refractivity contribution in [3.05, 3.63) is 68.6 Å². The maximum atomic E-state index is 12.4. The first-order valence-corrected chi connectivity index (χ1v) is 10.6. The van der Waals surface area contributed by atoms with Gasteiger partial charge in [-0.15, -0.1) is 0 Å². The molecular weight excluding hydrogens is 420 g/mol. The molecule has 0 radical (unpaired) electrons. The molecule has 2 aromatic rings. The number of rotatable bonds is 9. The van der Waals surface area contributed by atoms with E-state index >= 15 is 0 Å². The van der Waals surface area contributed by atoms with E-state index in [1.807, 2.05) is 13.8 Å². The first kappa shape index (κ1) is 22.4. The molecule has 0 saturated carbocycles. The highest BCUT2D eigenvalue weighted by Gasteiger charge is 2.34. The molecule has 162 valence electrons. The number of carbonyl (C=O) groups excluding carboxylic acids is 2. The summed E-state index contributed by atoms with van der Waals surface area (Å²) in [6, 6.07) is 11.5. The van der Waals surface area contributed by atoms with Gasteiger partial charge in [-0.3, -0.25) is 24.6 Å². The lowest BCUT2D eigenvalue weighted by Crippen LogP contribution is -2.28. The molecule has 2 aromatic carbocycles. The Balaban J connectivity index is 1.81. The molecule has 1 fully saturated rings. The van der Waals surface area contributed by atoms with Crippen LogP contribution in [0, 0.1) is 10.1 Å². The van der Waals surface area contributed by atoms with Gasteiger partial charge in [-0.1, -0.05) is 25.1 Å². The fourth-order valence-electron chi connectivity index (χ4n) is 3.04. The van der Waals surface area contributed by atoms with E-state index in [4.69, 9.17) is 9.47 Å². The molecule has 0 N–H and O–H groups in total. The highest BCUT2D eigenvalue weighted by molar-refractivity contribution is 8.18. The summed E-state index contributed by atoms with van der Waals surface area (Å²) in [5.41, 5.74) is 1.12. The average molecular weight is 442 g/mol. The van der Waals surface area contributed by atoms with Gasteiger partial charge in [-0.25, -0.2) is 0 Å². The van der Waals surface area contributed by atoms with Crippen LogP contribution in [0.25, 0.3) is 6.08 Å². The van der Waals surface area contributed by atoms with E-state index in [1.165, 1.54) is 11.0 Å². The molecule has 0 unspecified atom stereocenters. The Morgan fingerprint density at radius 3 is 2.58 bits per heavy atom.